The molecule has 1 atom stereocenters. The quantitative estimate of drug-likeness (QED) is 0.876. The summed E-state index contributed by atoms with van der Waals surface area (Å²) in [6.07, 6.45) is 9.91. The van der Waals surface area contributed by atoms with Gasteiger partial charge in [-0.15, -0.1) is 0 Å². The Bertz CT molecular complexity index is 575. The molecule has 0 radical (unpaired) electrons. The molecule has 2 heterocycles. The van der Waals surface area contributed by atoms with E-state index in [0.29, 0.717) is 17.6 Å². The monoisotopic (exact) mass is 305 g/mol. The molecule has 1 aliphatic rings. The van der Waals surface area contributed by atoms with Crippen LogP contribution in [0.1, 0.15) is 55.5 Å². The molecule has 5 heteroatoms. The van der Waals surface area contributed by atoms with Crippen LogP contribution in [0.25, 0.3) is 0 Å². The van der Waals surface area contributed by atoms with E-state index in [-0.39, 0.29) is 0 Å². The Morgan fingerprint density at radius 2 is 2.05 bits per heavy atom. The van der Waals surface area contributed by atoms with Gasteiger partial charge in [-0.1, -0.05) is 36.9 Å². The van der Waals surface area contributed by atoms with Crippen LogP contribution < -0.4 is 0 Å². The van der Waals surface area contributed by atoms with Gasteiger partial charge in [-0.25, -0.2) is 4.98 Å². The second kappa shape index (κ2) is 6.58. The standard InChI is InChI=1S/C16H20ClN3O/c17-16-7-6-12(11-18-16)15(21)10-13-8-9-20(19-13)14-4-2-1-3-5-14/h6-9,11,14-15,21H,1-5,10H2. The largest absolute Gasteiger partial charge is 0.388 e. The lowest BCUT2D eigenvalue weighted by Crippen LogP contribution is -2.13. The van der Waals surface area contributed by atoms with Crippen molar-refractivity contribution in [2.45, 2.75) is 50.7 Å². The Morgan fingerprint density at radius 1 is 1.24 bits per heavy atom. The second-order valence-electron chi connectivity index (χ2n) is 5.71. The van der Waals surface area contributed by atoms with E-state index in [1.807, 2.05) is 12.3 Å². The first-order valence-electron chi connectivity index (χ1n) is 7.56. The van der Waals surface area contributed by atoms with Crippen LogP contribution in [-0.2, 0) is 6.42 Å². The van der Waals surface area contributed by atoms with E-state index in [1.54, 1.807) is 18.3 Å². The maximum Gasteiger partial charge on any atom is 0.129 e. The molecule has 112 valence electrons. The lowest BCUT2D eigenvalue weighted by atomic mass is 9.96. The molecule has 0 spiro atoms. The van der Waals surface area contributed by atoms with Crippen molar-refractivity contribution in [3.05, 3.63) is 47.0 Å². The molecule has 1 N–H and O–H groups in total. The summed E-state index contributed by atoms with van der Waals surface area (Å²) in [6, 6.07) is 6.03. The maximum atomic E-state index is 10.3. The molecular weight excluding hydrogens is 286 g/mol. The van der Waals surface area contributed by atoms with Gasteiger partial charge in [-0.2, -0.15) is 5.10 Å². The average Bonchev–Trinajstić information content (AvgIpc) is 2.97. The summed E-state index contributed by atoms with van der Waals surface area (Å²) >= 11 is 5.76. The fourth-order valence-corrected chi connectivity index (χ4v) is 3.05. The smallest absolute Gasteiger partial charge is 0.129 e. The van der Waals surface area contributed by atoms with Gasteiger partial charge in [0.05, 0.1) is 17.8 Å². The Morgan fingerprint density at radius 3 is 2.76 bits per heavy atom. The normalized spacial score (nSPS) is 17.8. The number of hydrogen-bond donors (Lipinski definition) is 1. The predicted octanol–water partition coefficient (Wildman–Crippen LogP) is 3.71. The Labute approximate surface area is 129 Å². The first-order valence-corrected chi connectivity index (χ1v) is 7.94. The van der Waals surface area contributed by atoms with Crippen LogP contribution in [0.3, 0.4) is 0 Å². The van der Waals surface area contributed by atoms with E-state index in [1.165, 1.54) is 32.1 Å². The maximum absolute atomic E-state index is 10.3. The fourth-order valence-electron chi connectivity index (χ4n) is 2.94. The molecule has 0 aliphatic heterocycles. The topological polar surface area (TPSA) is 50.9 Å². The predicted molar refractivity (Wildman–Crippen MR) is 82.3 cm³/mol. The molecule has 2 aromatic rings. The minimum atomic E-state index is -0.593. The lowest BCUT2D eigenvalue weighted by molar-refractivity contribution is 0.176. The molecule has 0 aromatic carbocycles. The number of halogens is 1. The summed E-state index contributed by atoms with van der Waals surface area (Å²) in [5, 5.41) is 15.3. The lowest BCUT2D eigenvalue weighted by Gasteiger charge is -2.21. The molecule has 21 heavy (non-hydrogen) atoms. The van der Waals surface area contributed by atoms with Crippen molar-refractivity contribution in [2.75, 3.05) is 0 Å². The highest BCUT2D eigenvalue weighted by atomic mass is 35.5. The van der Waals surface area contributed by atoms with Crippen LogP contribution in [0.5, 0.6) is 0 Å². The molecule has 1 saturated carbocycles. The highest BCUT2D eigenvalue weighted by molar-refractivity contribution is 6.29. The first kappa shape index (κ1) is 14.5. The number of pyridine rings is 1. The van der Waals surface area contributed by atoms with Crippen molar-refractivity contribution in [3.8, 4) is 0 Å². The van der Waals surface area contributed by atoms with Gasteiger partial charge in [-0.05, 0) is 30.5 Å². The molecule has 4 nitrogen and oxygen atoms in total. The van der Waals surface area contributed by atoms with E-state index in [2.05, 4.69) is 14.8 Å². The third-order valence-electron chi connectivity index (χ3n) is 4.15. The zero-order valence-electron chi connectivity index (χ0n) is 12.0. The van der Waals surface area contributed by atoms with Crippen LogP contribution in [0.4, 0.5) is 0 Å². The van der Waals surface area contributed by atoms with Crippen LogP contribution >= 0.6 is 11.6 Å². The number of aliphatic hydroxyl groups is 1. The molecule has 3 rings (SSSR count). The van der Waals surface area contributed by atoms with Crippen LogP contribution in [0.15, 0.2) is 30.6 Å². The first-order chi connectivity index (χ1) is 10.2. The molecule has 0 bridgehead atoms. The van der Waals surface area contributed by atoms with Crippen molar-refractivity contribution >= 4 is 11.6 Å². The molecular formula is C16H20ClN3O. The summed E-state index contributed by atoms with van der Waals surface area (Å²) in [7, 11) is 0. The van der Waals surface area contributed by atoms with E-state index in [4.69, 9.17) is 11.6 Å². The van der Waals surface area contributed by atoms with Gasteiger partial charge < -0.3 is 5.11 Å². The van der Waals surface area contributed by atoms with Crippen molar-refractivity contribution in [2.24, 2.45) is 0 Å². The van der Waals surface area contributed by atoms with Gasteiger partial charge in [0.25, 0.3) is 0 Å². The van der Waals surface area contributed by atoms with Gasteiger partial charge >= 0.3 is 0 Å². The van der Waals surface area contributed by atoms with Crippen LogP contribution in [0.2, 0.25) is 5.15 Å². The zero-order chi connectivity index (χ0) is 14.7. The SMILES string of the molecule is OC(Cc1ccn(C2CCCCC2)n1)c1ccc(Cl)nc1. The third kappa shape index (κ3) is 3.63. The summed E-state index contributed by atoms with van der Waals surface area (Å²) in [5.41, 5.74) is 1.69. The van der Waals surface area contributed by atoms with Gasteiger partial charge in [0.2, 0.25) is 0 Å². The van der Waals surface area contributed by atoms with Crippen molar-refractivity contribution in [3.63, 3.8) is 0 Å². The van der Waals surface area contributed by atoms with Gasteiger partial charge in [0.15, 0.2) is 0 Å². The zero-order valence-corrected chi connectivity index (χ0v) is 12.7. The molecule has 2 aromatic heterocycles. The van der Waals surface area contributed by atoms with Gasteiger partial charge in [0, 0.05) is 18.8 Å². The van der Waals surface area contributed by atoms with E-state index < -0.39 is 6.10 Å². The van der Waals surface area contributed by atoms with Crippen molar-refractivity contribution < 1.29 is 5.11 Å². The minimum Gasteiger partial charge on any atom is -0.388 e. The number of nitrogens with zero attached hydrogens (tertiary/aromatic N) is 3. The molecule has 1 unspecified atom stereocenters. The average molecular weight is 306 g/mol. The van der Waals surface area contributed by atoms with Gasteiger partial charge in [0.1, 0.15) is 5.15 Å². The highest BCUT2D eigenvalue weighted by Crippen LogP contribution is 2.28. The number of aliphatic hydroxyl groups excluding tert-OH is 1. The summed E-state index contributed by atoms with van der Waals surface area (Å²) in [4.78, 5) is 4.00. The molecule has 1 aliphatic carbocycles. The summed E-state index contributed by atoms with van der Waals surface area (Å²) in [6.45, 7) is 0. The highest BCUT2D eigenvalue weighted by Gasteiger charge is 2.17. The van der Waals surface area contributed by atoms with E-state index in [9.17, 15) is 5.11 Å². The van der Waals surface area contributed by atoms with E-state index in [0.717, 1.165) is 11.3 Å². The molecule has 0 amide bonds. The summed E-state index contributed by atoms with van der Waals surface area (Å²) in [5.74, 6) is 0. The van der Waals surface area contributed by atoms with Crippen LogP contribution in [-0.4, -0.2) is 19.9 Å². The van der Waals surface area contributed by atoms with Crippen molar-refractivity contribution in [1.29, 1.82) is 0 Å². The van der Waals surface area contributed by atoms with Gasteiger partial charge in [-0.3, -0.25) is 4.68 Å². The number of aromatic nitrogens is 3. The Hall–Kier alpha value is -1.39. The Kier molecular flexibility index (Phi) is 4.56. The van der Waals surface area contributed by atoms with E-state index >= 15 is 0 Å². The second-order valence-corrected chi connectivity index (χ2v) is 6.10. The summed E-state index contributed by atoms with van der Waals surface area (Å²) < 4.78 is 2.07. The third-order valence-corrected chi connectivity index (χ3v) is 4.37. The fraction of sp³-hybridized carbons (Fsp3) is 0.500. The number of hydrogen-bond acceptors (Lipinski definition) is 3. The molecule has 1 fully saturated rings. The minimum absolute atomic E-state index is 0.438. The van der Waals surface area contributed by atoms with Crippen LogP contribution in [0, 0.1) is 0 Å². The number of rotatable bonds is 4. The Balaban J connectivity index is 1.64. The van der Waals surface area contributed by atoms with Crippen molar-refractivity contribution in [1.82, 2.24) is 14.8 Å². The molecule has 0 saturated heterocycles.